The van der Waals surface area contributed by atoms with Crippen LogP contribution in [0.1, 0.15) is 60.8 Å². The van der Waals surface area contributed by atoms with Crippen LogP contribution in [0.15, 0.2) is 0 Å². The molecule has 0 aliphatic carbocycles. The highest BCUT2D eigenvalue weighted by Gasteiger charge is 2.32. The second-order valence-electron chi connectivity index (χ2n) is 7.19. The highest BCUT2D eigenvalue weighted by molar-refractivity contribution is 6.02. The summed E-state index contributed by atoms with van der Waals surface area (Å²) in [4.78, 5) is 45.2. The number of amides is 3. The standard InChI is InChI=1S/C15H26N2O6/c1-10(9-15(5,6)23-22-14(2,3)4)21-13(20)16-17-11(18)7-8-12(17)19/h10H,7-9H2,1-6H3,(H,16,20). The normalized spacial score (nSPS) is 17.4. The summed E-state index contributed by atoms with van der Waals surface area (Å²) in [5.74, 6) is -0.885. The highest BCUT2D eigenvalue weighted by atomic mass is 17.2. The Labute approximate surface area is 136 Å². The van der Waals surface area contributed by atoms with Crippen molar-refractivity contribution in [3.05, 3.63) is 0 Å². The van der Waals surface area contributed by atoms with Crippen molar-refractivity contribution in [2.24, 2.45) is 0 Å². The van der Waals surface area contributed by atoms with Gasteiger partial charge in [-0.2, -0.15) is 5.01 Å². The summed E-state index contributed by atoms with van der Waals surface area (Å²) in [5, 5.41) is 0.694. The quantitative estimate of drug-likeness (QED) is 0.455. The van der Waals surface area contributed by atoms with Crippen molar-refractivity contribution in [1.29, 1.82) is 0 Å². The van der Waals surface area contributed by atoms with Gasteiger partial charge in [0, 0.05) is 19.3 Å². The summed E-state index contributed by atoms with van der Waals surface area (Å²) in [6.45, 7) is 10.9. The van der Waals surface area contributed by atoms with Crippen LogP contribution < -0.4 is 5.43 Å². The predicted octanol–water partition coefficient (Wildman–Crippen LogP) is 2.08. The van der Waals surface area contributed by atoms with Crippen LogP contribution in [-0.2, 0) is 24.1 Å². The van der Waals surface area contributed by atoms with Crippen molar-refractivity contribution in [1.82, 2.24) is 10.4 Å². The van der Waals surface area contributed by atoms with E-state index in [-0.39, 0.29) is 12.8 Å². The van der Waals surface area contributed by atoms with Crippen molar-refractivity contribution in [2.75, 3.05) is 0 Å². The second-order valence-corrected chi connectivity index (χ2v) is 7.19. The van der Waals surface area contributed by atoms with Crippen LogP contribution in [0.4, 0.5) is 4.79 Å². The Morgan fingerprint density at radius 2 is 1.65 bits per heavy atom. The number of nitrogens with one attached hydrogen (secondary N) is 1. The lowest BCUT2D eigenvalue weighted by Gasteiger charge is -2.30. The molecule has 0 bridgehead atoms. The van der Waals surface area contributed by atoms with E-state index in [1.165, 1.54) is 0 Å². The minimum absolute atomic E-state index is 0.0969. The molecule has 132 valence electrons. The Hall–Kier alpha value is -1.67. The molecule has 3 amide bonds. The number of ether oxygens (including phenoxy) is 1. The molecular formula is C15H26N2O6. The SMILES string of the molecule is CC(CC(C)(C)OOC(C)(C)C)OC(=O)NN1C(=O)CCC1=O. The van der Waals surface area contributed by atoms with Crippen molar-refractivity contribution >= 4 is 17.9 Å². The van der Waals surface area contributed by atoms with Gasteiger partial charge in [0.2, 0.25) is 11.8 Å². The average Bonchev–Trinajstić information content (AvgIpc) is 2.67. The van der Waals surface area contributed by atoms with Crippen LogP contribution in [0, 0.1) is 0 Å². The minimum Gasteiger partial charge on any atom is -0.445 e. The minimum atomic E-state index is -0.853. The summed E-state index contributed by atoms with van der Waals surface area (Å²) in [6.07, 6.45) is -0.785. The molecule has 0 aromatic rings. The van der Waals surface area contributed by atoms with Crippen LogP contribution >= 0.6 is 0 Å². The summed E-state index contributed by atoms with van der Waals surface area (Å²) in [6, 6.07) is 0. The second kappa shape index (κ2) is 7.27. The summed E-state index contributed by atoms with van der Waals surface area (Å²) in [5.41, 5.74) is 1.03. The van der Waals surface area contributed by atoms with Crippen LogP contribution in [-0.4, -0.2) is 40.2 Å². The number of nitrogens with zero attached hydrogens (tertiary/aromatic N) is 1. The van der Waals surface area contributed by atoms with Crippen molar-refractivity contribution in [3.8, 4) is 0 Å². The highest BCUT2D eigenvalue weighted by Crippen LogP contribution is 2.22. The average molecular weight is 330 g/mol. The van der Waals surface area contributed by atoms with Crippen LogP contribution in [0.25, 0.3) is 0 Å². The fraction of sp³-hybridized carbons (Fsp3) is 0.800. The Morgan fingerprint density at radius 1 is 1.13 bits per heavy atom. The molecule has 1 rings (SSSR count). The number of imide groups is 1. The third kappa shape index (κ3) is 6.96. The molecule has 0 radical (unpaired) electrons. The maximum atomic E-state index is 11.8. The molecule has 1 atom stereocenters. The van der Waals surface area contributed by atoms with Gasteiger partial charge in [0.25, 0.3) is 0 Å². The number of carbonyl (C=O) groups is 3. The fourth-order valence-electron chi connectivity index (χ4n) is 2.01. The molecule has 8 heteroatoms. The van der Waals surface area contributed by atoms with Crippen LogP contribution in [0.3, 0.4) is 0 Å². The summed E-state index contributed by atoms with van der Waals surface area (Å²) in [7, 11) is 0. The molecule has 0 spiro atoms. The molecule has 1 fully saturated rings. The maximum absolute atomic E-state index is 11.8. The molecule has 1 saturated heterocycles. The zero-order valence-corrected chi connectivity index (χ0v) is 14.6. The molecule has 1 N–H and O–H groups in total. The van der Waals surface area contributed by atoms with E-state index < -0.39 is 35.2 Å². The number of carbonyl (C=O) groups excluding carboxylic acids is 3. The first-order chi connectivity index (χ1) is 10.4. The van der Waals surface area contributed by atoms with Gasteiger partial charge in [0.15, 0.2) is 0 Å². The molecule has 8 nitrogen and oxygen atoms in total. The van der Waals surface area contributed by atoms with Gasteiger partial charge in [-0.15, -0.1) is 0 Å². The monoisotopic (exact) mass is 330 g/mol. The third-order valence-corrected chi connectivity index (χ3v) is 2.86. The molecule has 1 aliphatic rings. The Balaban J connectivity index is 2.42. The molecule has 0 aromatic carbocycles. The Bertz CT molecular complexity index is 453. The topological polar surface area (TPSA) is 94.2 Å². The van der Waals surface area contributed by atoms with Crippen LogP contribution in [0.2, 0.25) is 0 Å². The van der Waals surface area contributed by atoms with E-state index in [1.54, 1.807) is 6.92 Å². The van der Waals surface area contributed by atoms with Crippen molar-refractivity contribution < 1.29 is 28.9 Å². The van der Waals surface area contributed by atoms with Gasteiger partial charge in [-0.1, -0.05) is 0 Å². The number of hydrazine groups is 1. The van der Waals surface area contributed by atoms with Crippen LogP contribution in [0.5, 0.6) is 0 Å². The number of hydrogen-bond acceptors (Lipinski definition) is 6. The van der Waals surface area contributed by atoms with E-state index in [2.05, 4.69) is 5.43 Å². The predicted molar refractivity (Wildman–Crippen MR) is 80.8 cm³/mol. The smallest absolute Gasteiger partial charge is 0.426 e. The van der Waals surface area contributed by atoms with Gasteiger partial charge in [0.1, 0.15) is 11.7 Å². The maximum Gasteiger partial charge on any atom is 0.426 e. The van der Waals surface area contributed by atoms with Crippen molar-refractivity contribution in [3.63, 3.8) is 0 Å². The van der Waals surface area contributed by atoms with Gasteiger partial charge in [-0.05, 0) is 41.5 Å². The summed E-state index contributed by atoms with van der Waals surface area (Å²) >= 11 is 0. The zero-order valence-electron chi connectivity index (χ0n) is 14.6. The van der Waals surface area contributed by atoms with E-state index in [0.717, 1.165) is 0 Å². The first-order valence-corrected chi connectivity index (χ1v) is 7.59. The first kappa shape index (κ1) is 19.4. The largest absolute Gasteiger partial charge is 0.445 e. The van der Waals surface area contributed by atoms with E-state index in [1.807, 2.05) is 34.6 Å². The molecule has 23 heavy (non-hydrogen) atoms. The van der Waals surface area contributed by atoms with Gasteiger partial charge in [0.05, 0.1) is 5.60 Å². The van der Waals surface area contributed by atoms with E-state index in [4.69, 9.17) is 14.5 Å². The molecule has 1 heterocycles. The molecule has 0 aromatic heterocycles. The molecule has 1 unspecified atom stereocenters. The first-order valence-electron chi connectivity index (χ1n) is 7.59. The molecule has 0 saturated carbocycles. The van der Waals surface area contributed by atoms with Gasteiger partial charge < -0.3 is 4.74 Å². The van der Waals surface area contributed by atoms with Gasteiger partial charge >= 0.3 is 6.09 Å². The lowest BCUT2D eigenvalue weighted by Crippen LogP contribution is -2.46. The van der Waals surface area contributed by atoms with E-state index in [9.17, 15) is 14.4 Å². The lowest BCUT2D eigenvalue weighted by atomic mass is 10.0. The van der Waals surface area contributed by atoms with Gasteiger partial charge in [-0.25, -0.2) is 20.0 Å². The number of hydrogen-bond donors (Lipinski definition) is 1. The van der Waals surface area contributed by atoms with Crippen molar-refractivity contribution in [2.45, 2.75) is 78.1 Å². The fourth-order valence-corrected chi connectivity index (χ4v) is 2.01. The van der Waals surface area contributed by atoms with Gasteiger partial charge in [-0.3, -0.25) is 9.59 Å². The lowest BCUT2D eigenvalue weighted by molar-refractivity contribution is -0.399. The molecular weight excluding hydrogens is 304 g/mol. The number of rotatable bonds is 6. The Morgan fingerprint density at radius 3 is 2.13 bits per heavy atom. The zero-order chi connectivity index (χ0) is 17.8. The summed E-state index contributed by atoms with van der Waals surface area (Å²) < 4.78 is 5.15. The third-order valence-electron chi connectivity index (χ3n) is 2.86. The van der Waals surface area contributed by atoms with E-state index in [0.29, 0.717) is 11.4 Å². The molecule has 1 aliphatic heterocycles. The Kier molecular flexibility index (Phi) is 6.12. The van der Waals surface area contributed by atoms with E-state index >= 15 is 0 Å².